The number of aromatic nitrogens is 3. The van der Waals surface area contributed by atoms with E-state index in [1.54, 1.807) is 19.1 Å². The second kappa shape index (κ2) is 7.18. The van der Waals surface area contributed by atoms with Crippen molar-refractivity contribution in [3.05, 3.63) is 39.5 Å². The topological polar surface area (TPSA) is 93.3 Å². The number of fused-ring (bicyclic) bond motifs is 1. The Morgan fingerprint density at radius 3 is 2.92 bits per heavy atom. The van der Waals surface area contributed by atoms with Gasteiger partial charge in [-0.05, 0) is 25.8 Å². The van der Waals surface area contributed by atoms with Crippen molar-refractivity contribution in [3.63, 3.8) is 0 Å². The molecule has 1 atom stereocenters. The summed E-state index contributed by atoms with van der Waals surface area (Å²) in [4.78, 5) is 26.6. The first-order chi connectivity index (χ1) is 12.0. The number of aryl methyl sites for hydroxylation is 2. The summed E-state index contributed by atoms with van der Waals surface area (Å²) in [5, 5.41) is 11.0. The summed E-state index contributed by atoms with van der Waals surface area (Å²) in [5.41, 5.74) is 1.77. The Labute approximate surface area is 145 Å². The van der Waals surface area contributed by atoms with E-state index in [1.807, 2.05) is 18.7 Å². The Balaban J connectivity index is 1.70. The predicted octanol–water partition coefficient (Wildman–Crippen LogP) is 1.34. The van der Waals surface area contributed by atoms with Crippen LogP contribution in [0, 0.1) is 6.92 Å². The van der Waals surface area contributed by atoms with Gasteiger partial charge in [-0.3, -0.25) is 14.5 Å². The molecule has 0 unspecified atom stereocenters. The summed E-state index contributed by atoms with van der Waals surface area (Å²) in [6.07, 6.45) is 1.59. The minimum absolute atomic E-state index is 0.0855. The van der Waals surface area contributed by atoms with Crippen LogP contribution in [0.2, 0.25) is 0 Å². The summed E-state index contributed by atoms with van der Waals surface area (Å²) in [7, 11) is 0. The molecule has 0 aromatic carbocycles. The number of rotatable bonds is 5. The minimum Gasteiger partial charge on any atom is -0.360 e. The van der Waals surface area contributed by atoms with E-state index in [9.17, 15) is 9.59 Å². The van der Waals surface area contributed by atoms with Crippen molar-refractivity contribution in [2.75, 3.05) is 11.9 Å². The Bertz CT molecular complexity index is 826. The average Bonchev–Trinajstić information content (AvgIpc) is 2.99. The molecule has 134 valence electrons. The van der Waals surface area contributed by atoms with Crippen LogP contribution in [0.1, 0.15) is 37.3 Å². The maximum atomic E-state index is 12.4. The summed E-state index contributed by atoms with van der Waals surface area (Å²) in [6, 6.07) is 2.98. The average molecular weight is 345 g/mol. The molecule has 3 rings (SSSR count). The molecule has 1 N–H and O–H groups in total. The van der Waals surface area contributed by atoms with Gasteiger partial charge in [0, 0.05) is 38.2 Å². The molecule has 0 radical (unpaired) electrons. The fraction of sp³-hybridized carbons (Fsp3) is 0.529. The molecule has 0 saturated carbocycles. The van der Waals surface area contributed by atoms with Crippen LogP contribution in [0.3, 0.4) is 0 Å². The van der Waals surface area contributed by atoms with Gasteiger partial charge in [0.15, 0.2) is 5.82 Å². The lowest BCUT2D eigenvalue weighted by Gasteiger charge is -2.32. The lowest BCUT2D eigenvalue weighted by atomic mass is 10.0. The van der Waals surface area contributed by atoms with E-state index in [2.05, 4.69) is 15.6 Å². The van der Waals surface area contributed by atoms with Gasteiger partial charge < -0.3 is 9.84 Å². The van der Waals surface area contributed by atoms with Crippen molar-refractivity contribution in [2.45, 2.75) is 52.7 Å². The molecule has 0 fully saturated rings. The second-order valence-electron chi connectivity index (χ2n) is 6.39. The zero-order valence-corrected chi connectivity index (χ0v) is 14.8. The van der Waals surface area contributed by atoms with E-state index < -0.39 is 0 Å². The van der Waals surface area contributed by atoms with E-state index >= 15 is 0 Å². The van der Waals surface area contributed by atoms with Crippen molar-refractivity contribution < 1.29 is 9.32 Å². The highest BCUT2D eigenvalue weighted by Gasteiger charge is 2.27. The number of anilines is 1. The number of hydrogen-bond donors (Lipinski definition) is 1. The first-order valence-electron chi connectivity index (χ1n) is 8.56. The van der Waals surface area contributed by atoms with Crippen LogP contribution in [-0.4, -0.2) is 38.3 Å². The maximum absolute atomic E-state index is 12.4. The normalized spacial score (nSPS) is 15.6. The molecular formula is C17H23N5O3. The predicted molar refractivity (Wildman–Crippen MR) is 92.2 cm³/mol. The number of hydrogen-bond acceptors (Lipinski definition) is 6. The number of amides is 1. The second-order valence-corrected chi connectivity index (χ2v) is 6.39. The molecule has 8 heteroatoms. The van der Waals surface area contributed by atoms with Crippen molar-refractivity contribution >= 4 is 11.7 Å². The van der Waals surface area contributed by atoms with Gasteiger partial charge in [0.2, 0.25) is 5.91 Å². The highest BCUT2D eigenvalue weighted by atomic mass is 16.5. The molecule has 1 aliphatic heterocycles. The largest absolute Gasteiger partial charge is 0.360 e. The van der Waals surface area contributed by atoms with Gasteiger partial charge in [0.25, 0.3) is 5.56 Å². The first kappa shape index (κ1) is 17.3. The zero-order valence-electron chi connectivity index (χ0n) is 14.8. The molecule has 1 aliphatic rings. The van der Waals surface area contributed by atoms with Crippen LogP contribution in [-0.2, 0) is 24.3 Å². The highest BCUT2D eigenvalue weighted by molar-refractivity contribution is 5.93. The van der Waals surface area contributed by atoms with Gasteiger partial charge >= 0.3 is 0 Å². The third kappa shape index (κ3) is 3.79. The fourth-order valence-electron chi connectivity index (χ4n) is 2.99. The smallest absolute Gasteiger partial charge is 0.267 e. The Kier molecular flexibility index (Phi) is 4.98. The molecule has 2 aromatic heterocycles. The van der Waals surface area contributed by atoms with Gasteiger partial charge in [-0.25, -0.2) is 4.68 Å². The molecule has 0 spiro atoms. The Hall–Kier alpha value is -2.48. The first-order valence-corrected chi connectivity index (χ1v) is 8.56. The summed E-state index contributed by atoms with van der Waals surface area (Å²) in [6.45, 7) is 7.52. The summed E-state index contributed by atoms with van der Waals surface area (Å²) < 4.78 is 6.48. The monoisotopic (exact) mass is 345 g/mol. The quantitative estimate of drug-likeness (QED) is 0.879. The van der Waals surface area contributed by atoms with Gasteiger partial charge in [0.05, 0.1) is 11.7 Å². The summed E-state index contributed by atoms with van der Waals surface area (Å²) >= 11 is 0. The van der Waals surface area contributed by atoms with Crippen LogP contribution in [0.15, 0.2) is 21.5 Å². The van der Waals surface area contributed by atoms with Crippen molar-refractivity contribution in [2.24, 2.45) is 0 Å². The minimum atomic E-state index is -0.344. The molecule has 0 bridgehead atoms. The molecule has 25 heavy (non-hydrogen) atoms. The standard InChI is InChI=1S/C17H23N5O3/c1-4-6-22-16(23)9-13-10-21(7-5-14(13)19-22)12(3)17(24)18-15-8-11(2)25-20-15/h8-9,12H,4-7,10H2,1-3H3,(H,18,20,24)/t12-/m0/s1. The fourth-order valence-corrected chi connectivity index (χ4v) is 2.99. The SMILES string of the molecule is CCCn1nc2c(cc1=O)CN([C@@H](C)C(=O)Nc1cc(C)on1)CC2. The van der Waals surface area contributed by atoms with Gasteiger partial charge in [-0.15, -0.1) is 0 Å². The third-order valence-electron chi connectivity index (χ3n) is 4.42. The number of nitrogens with one attached hydrogen (secondary N) is 1. The van der Waals surface area contributed by atoms with Crippen LogP contribution in [0.5, 0.6) is 0 Å². The molecule has 1 amide bonds. The van der Waals surface area contributed by atoms with Crippen LogP contribution in [0.4, 0.5) is 5.82 Å². The third-order valence-corrected chi connectivity index (χ3v) is 4.42. The molecule has 0 aliphatic carbocycles. The zero-order chi connectivity index (χ0) is 18.0. The molecule has 8 nitrogen and oxygen atoms in total. The maximum Gasteiger partial charge on any atom is 0.267 e. The van der Waals surface area contributed by atoms with Crippen molar-refractivity contribution in [1.82, 2.24) is 19.8 Å². The van der Waals surface area contributed by atoms with E-state index in [0.29, 0.717) is 24.7 Å². The molecule has 2 aromatic rings. The number of nitrogens with zero attached hydrogens (tertiary/aromatic N) is 4. The van der Waals surface area contributed by atoms with E-state index in [0.717, 1.165) is 30.6 Å². The van der Waals surface area contributed by atoms with Gasteiger partial charge in [-0.2, -0.15) is 5.10 Å². The van der Waals surface area contributed by atoms with Crippen molar-refractivity contribution in [1.29, 1.82) is 0 Å². The van der Waals surface area contributed by atoms with E-state index in [-0.39, 0.29) is 17.5 Å². The van der Waals surface area contributed by atoms with Gasteiger partial charge in [-0.1, -0.05) is 12.1 Å². The highest BCUT2D eigenvalue weighted by Crippen LogP contribution is 2.18. The van der Waals surface area contributed by atoms with E-state index in [1.165, 1.54) is 4.68 Å². The van der Waals surface area contributed by atoms with Crippen LogP contribution < -0.4 is 10.9 Å². The summed E-state index contributed by atoms with van der Waals surface area (Å²) in [5.74, 6) is 0.907. The molecule has 0 saturated heterocycles. The number of carbonyl (C=O) groups excluding carboxylic acids is 1. The lowest BCUT2D eigenvalue weighted by molar-refractivity contribution is -0.121. The Morgan fingerprint density at radius 2 is 2.24 bits per heavy atom. The Morgan fingerprint density at radius 1 is 1.44 bits per heavy atom. The van der Waals surface area contributed by atoms with Crippen LogP contribution in [0.25, 0.3) is 0 Å². The molecular weight excluding hydrogens is 322 g/mol. The van der Waals surface area contributed by atoms with Crippen molar-refractivity contribution in [3.8, 4) is 0 Å². The van der Waals surface area contributed by atoms with Gasteiger partial charge in [0.1, 0.15) is 5.76 Å². The van der Waals surface area contributed by atoms with Crippen LogP contribution >= 0.6 is 0 Å². The van der Waals surface area contributed by atoms with E-state index in [4.69, 9.17) is 4.52 Å². The lowest BCUT2D eigenvalue weighted by Crippen LogP contribution is -2.45. The number of carbonyl (C=O) groups is 1. The molecule has 3 heterocycles.